The number of carbonyl (C=O) groups is 1. The van der Waals surface area contributed by atoms with Gasteiger partial charge in [0.2, 0.25) is 0 Å². The molecule has 0 saturated carbocycles. The Kier molecular flexibility index (Phi) is 6.18. The predicted molar refractivity (Wildman–Crippen MR) is 39.8 cm³/mol. The Hall–Kier alpha value is -0.570. The van der Waals surface area contributed by atoms with E-state index in [1.807, 2.05) is 7.05 Å². The zero-order valence-corrected chi connectivity index (χ0v) is 6.67. The smallest absolute Gasteiger partial charge is 0.293 e. The van der Waals surface area contributed by atoms with E-state index in [4.69, 9.17) is 0 Å². The lowest BCUT2D eigenvalue weighted by Crippen LogP contribution is -2.19. The molecule has 0 fully saturated rings. The van der Waals surface area contributed by atoms with Crippen molar-refractivity contribution >= 4 is 6.47 Å². The number of hydrogen-bond donors (Lipinski definition) is 0. The quantitative estimate of drug-likeness (QED) is 0.402. The maximum atomic E-state index is 9.68. The zero-order valence-electron chi connectivity index (χ0n) is 6.67. The van der Waals surface area contributed by atoms with Crippen molar-refractivity contribution in [3.05, 3.63) is 0 Å². The molecule has 0 aromatic heterocycles. The second kappa shape index (κ2) is 6.55. The Balaban J connectivity index is 2.95. The predicted octanol–water partition coefficient (Wildman–Crippen LogP) is 0.501. The van der Waals surface area contributed by atoms with Crippen LogP contribution in [0.4, 0.5) is 0 Å². The lowest BCUT2D eigenvalue weighted by molar-refractivity contribution is -0.128. The third-order valence-corrected chi connectivity index (χ3v) is 1.41. The molecule has 0 aliphatic heterocycles. The maximum Gasteiger partial charge on any atom is 0.293 e. The average Bonchev–Trinajstić information content (AvgIpc) is 1.98. The molecule has 0 aromatic carbocycles. The highest BCUT2D eigenvalue weighted by Gasteiger charge is 1.92. The largest absolute Gasteiger partial charge is 0.468 e. The summed E-state index contributed by atoms with van der Waals surface area (Å²) in [4.78, 5) is 11.9. The molecule has 60 valence electrons. The van der Waals surface area contributed by atoms with E-state index in [9.17, 15) is 4.79 Å². The van der Waals surface area contributed by atoms with Crippen LogP contribution in [0.1, 0.15) is 13.3 Å². The van der Waals surface area contributed by atoms with Gasteiger partial charge in [-0.15, -0.1) is 0 Å². The zero-order chi connectivity index (χ0) is 7.82. The van der Waals surface area contributed by atoms with Gasteiger partial charge in [-0.2, -0.15) is 0 Å². The summed E-state index contributed by atoms with van der Waals surface area (Å²) in [5, 5.41) is 0. The summed E-state index contributed by atoms with van der Waals surface area (Å²) in [5.41, 5.74) is 0. The summed E-state index contributed by atoms with van der Waals surface area (Å²) < 4.78 is 4.52. The Morgan fingerprint density at radius 3 is 2.80 bits per heavy atom. The first-order valence-electron chi connectivity index (χ1n) is 3.55. The van der Waals surface area contributed by atoms with E-state index < -0.39 is 0 Å². The molecule has 0 spiro atoms. The molecule has 3 heteroatoms. The van der Waals surface area contributed by atoms with Gasteiger partial charge in [0.25, 0.3) is 6.47 Å². The lowest BCUT2D eigenvalue weighted by Gasteiger charge is -2.12. The fraction of sp³-hybridized carbons (Fsp3) is 0.857. The lowest BCUT2D eigenvalue weighted by atomic mass is 10.4. The third-order valence-electron chi connectivity index (χ3n) is 1.41. The van der Waals surface area contributed by atoms with Gasteiger partial charge in [-0.05, 0) is 20.0 Å². The van der Waals surface area contributed by atoms with Crippen LogP contribution in [0.15, 0.2) is 0 Å². The van der Waals surface area contributed by atoms with Gasteiger partial charge in [0.1, 0.15) is 0 Å². The minimum atomic E-state index is 0.492. The summed E-state index contributed by atoms with van der Waals surface area (Å²) >= 11 is 0. The molecule has 10 heavy (non-hydrogen) atoms. The summed E-state index contributed by atoms with van der Waals surface area (Å²) in [6, 6.07) is 0. The summed E-state index contributed by atoms with van der Waals surface area (Å²) in [6.45, 7) is 5.16. The highest BCUT2D eigenvalue weighted by molar-refractivity contribution is 5.36. The fourth-order valence-electron chi connectivity index (χ4n) is 0.624. The molecule has 0 unspecified atom stereocenters. The van der Waals surface area contributed by atoms with E-state index in [1.165, 1.54) is 0 Å². The second-order valence-electron chi connectivity index (χ2n) is 2.22. The SMILES string of the molecule is CCN(C)CCCOC=O. The van der Waals surface area contributed by atoms with Crippen molar-refractivity contribution in [1.29, 1.82) is 0 Å². The Morgan fingerprint density at radius 1 is 1.60 bits per heavy atom. The molecule has 0 atom stereocenters. The average molecular weight is 145 g/mol. The number of carbonyl (C=O) groups excluding carboxylic acids is 1. The number of hydrogen-bond acceptors (Lipinski definition) is 3. The molecule has 0 rings (SSSR count). The maximum absolute atomic E-state index is 9.68. The van der Waals surface area contributed by atoms with E-state index in [1.54, 1.807) is 0 Å². The molecule has 0 heterocycles. The normalized spacial score (nSPS) is 9.90. The molecule has 0 saturated heterocycles. The van der Waals surface area contributed by atoms with Crippen molar-refractivity contribution in [2.75, 3.05) is 26.7 Å². The minimum absolute atomic E-state index is 0.492. The number of rotatable bonds is 6. The van der Waals surface area contributed by atoms with Crippen LogP contribution in [0.25, 0.3) is 0 Å². The molecule has 0 N–H and O–H groups in total. The van der Waals surface area contributed by atoms with Gasteiger partial charge < -0.3 is 9.64 Å². The summed E-state index contributed by atoms with van der Waals surface area (Å²) in [5.74, 6) is 0. The number of nitrogens with zero attached hydrogens (tertiary/aromatic N) is 1. The molecule has 0 amide bonds. The molecule has 0 aromatic rings. The van der Waals surface area contributed by atoms with Crippen molar-refractivity contribution in [1.82, 2.24) is 4.90 Å². The van der Waals surface area contributed by atoms with Crippen LogP contribution in [-0.4, -0.2) is 38.1 Å². The van der Waals surface area contributed by atoms with E-state index in [0.717, 1.165) is 19.5 Å². The first-order chi connectivity index (χ1) is 4.81. The monoisotopic (exact) mass is 145 g/mol. The van der Waals surface area contributed by atoms with Crippen LogP contribution in [0, 0.1) is 0 Å². The van der Waals surface area contributed by atoms with Gasteiger partial charge in [0.05, 0.1) is 6.61 Å². The molecular formula is C7H15NO2. The van der Waals surface area contributed by atoms with Crippen LogP contribution in [-0.2, 0) is 9.53 Å². The van der Waals surface area contributed by atoms with Gasteiger partial charge in [-0.3, -0.25) is 4.79 Å². The van der Waals surface area contributed by atoms with Gasteiger partial charge in [0.15, 0.2) is 0 Å². The van der Waals surface area contributed by atoms with Crippen LogP contribution in [0.2, 0.25) is 0 Å². The Morgan fingerprint density at radius 2 is 2.30 bits per heavy atom. The van der Waals surface area contributed by atoms with Gasteiger partial charge in [-0.1, -0.05) is 6.92 Å². The first kappa shape index (κ1) is 9.43. The van der Waals surface area contributed by atoms with E-state index in [2.05, 4.69) is 16.6 Å². The van der Waals surface area contributed by atoms with E-state index in [-0.39, 0.29) is 0 Å². The van der Waals surface area contributed by atoms with E-state index >= 15 is 0 Å². The van der Waals surface area contributed by atoms with Gasteiger partial charge in [-0.25, -0.2) is 0 Å². The summed E-state index contributed by atoms with van der Waals surface area (Å²) in [6.07, 6.45) is 0.920. The van der Waals surface area contributed by atoms with Gasteiger partial charge >= 0.3 is 0 Å². The molecule has 0 aliphatic rings. The Bertz CT molecular complexity index is 85.7. The highest BCUT2D eigenvalue weighted by atomic mass is 16.5. The minimum Gasteiger partial charge on any atom is -0.468 e. The molecule has 0 aliphatic carbocycles. The second-order valence-corrected chi connectivity index (χ2v) is 2.22. The van der Waals surface area contributed by atoms with Crippen LogP contribution in [0.3, 0.4) is 0 Å². The molecule has 0 bridgehead atoms. The first-order valence-corrected chi connectivity index (χ1v) is 3.55. The highest BCUT2D eigenvalue weighted by Crippen LogP contribution is 1.85. The van der Waals surface area contributed by atoms with Crippen molar-refractivity contribution in [3.8, 4) is 0 Å². The van der Waals surface area contributed by atoms with Crippen LogP contribution in [0.5, 0.6) is 0 Å². The summed E-state index contributed by atoms with van der Waals surface area (Å²) in [7, 11) is 2.04. The van der Waals surface area contributed by atoms with E-state index in [0.29, 0.717) is 13.1 Å². The van der Waals surface area contributed by atoms with Gasteiger partial charge in [0, 0.05) is 6.54 Å². The molecule has 3 nitrogen and oxygen atoms in total. The fourth-order valence-corrected chi connectivity index (χ4v) is 0.624. The standard InChI is InChI=1S/C7H15NO2/c1-3-8(2)5-4-6-10-7-9/h7H,3-6H2,1-2H3. The molecule has 0 radical (unpaired) electrons. The molecular weight excluding hydrogens is 130 g/mol. The van der Waals surface area contributed by atoms with Crippen LogP contribution >= 0.6 is 0 Å². The van der Waals surface area contributed by atoms with Crippen molar-refractivity contribution in [3.63, 3.8) is 0 Å². The topological polar surface area (TPSA) is 29.5 Å². The van der Waals surface area contributed by atoms with Crippen molar-refractivity contribution in [2.24, 2.45) is 0 Å². The Labute approximate surface area is 62.0 Å². The number of ether oxygens (including phenoxy) is 1. The van der Waals surface area contributed by atoms with Crippen molar-refractivity contribution in [2.45, 2.75) is 13.3 Å². The van der Waals surface area contributed by atoms with Crippen LogP contribution < -0.4 is 0 Å². The third kappa shape index (κ3) is 5.56. The van der Waals surface area contributed by atoms with Crippen molar-refractivity contribution < 1.29 is 9.53 Å².